The van der Waals surface area contributed by atoms with Gasteiger partial charge in [0.15, 0.2) is 0 Å². The van der Waals surface area contributed by atoms with E-state index in [9.17, 15) is 0 Å². The van der Waals surface area contributed by atoms with Crippen molar-refractivity contribution in [2.75, 3.05) is 0 Å². The van der Waals surface area contributed by atoms with Crippen molar-refractivity contribution in [2.24, 2.45) is 0 Å². The number of imidazole rings is 1. The summed E-state index contributed by atoms with van der Waals surface area (Å²) in [4.78, 5) is 5.25. The van der Waals surface area contributed by atoms with Crippen LogP contribution in [0.25, 0.3) is 60.4 Å². The van der Waals surface area contributed by atoms with E-state index >= 15 is 0 Å². The van der Waals surface area contributed by atoms with E-state index in [0.717, 1.165) is 22.5 Å². The van der Waals surface area contributed by atoms with Gasteiger partial charge in [-0.05, 0) is 42.3 Å². The first-order chi connectivity index (χ1) is 18.3. The van der Waals surface area contributed by atoms with E-state index in [2.05, 4.69) is 138 Å². The molecule has 37 heavy (non-hydrogen) atoms. The smallest absolute Gasteiger partial charge is 0.147 e. The summed E-state index contributed by atoms with van der Waals surface area (Å²) < 4.78 is 3.66. The van der Waals surface area contributed by atoms with E-state index in [4.69, 9.17) is 4.98 Å². The highest BCUT2D eigenvalue weighted by Gasteiger charge is 2.22. The third-order valence-corrected chi connectivity index (χ3v) is 7.92. The Morgan fingerprint density at radius 3 is 1.97 bits per heavy atom. The molecule has 0 aliphatic heterocycles. The quantitative estimate of drug-likeness (QED) is 0.239. The van der Waals surface area contributed by atoms with Crippen LogP contribution in [0.15, 0.2) is 127 Å². The van der Waals surface area contributed by atoms with Gasteiger partial charge in [-0.25, -0.2) is 4.98 Å². The zero-order valence-electron chi connectivity index (χ0n) is 20.4. The van der Waals surface area contributed by atoms with Crippen LogP contribution in [0, 0.1) is 6.92 Å². The van der Waals surface area contributed by atoms with Crippen LogP contribution in [-0.4, -0.2) is 9.55 Å². The Kier molecular flexibility index (Phi) is 5.23. The highest BCUT2D eigenvalue weighted by molar-refractivity contribution is 7.17. The zero-order valence-corrected chi connectivity index (χ0v) is 21.2. The summed E-state index contributed by atoms with van der Waals surface area (Å²) in [7, 11) is 0. The molecule has 0 spiro atoms. The van der Waals surface area contributed by atoms with Crippen molar-refractivity contribution < 1.29 is 0 Å². The predicted octanol–water partition coefficient (Wildman–Crippen LogP) is 9.55. The Morgan fingerprint density at radius 2 is 1.27 bits per heavy atom. The van der Waals surface area contributed by atoms with E-state index in [1.54, 1.807) is 11.3 Å². The van der Waals surface area contributed by atoms with Crippen LogP contribution in [0.4, 0.5) is 0 Å². The standard InChI is InChI=1S/C34H24N2S/c1-23-19-20-32-28(21-23)29(22-37-32)34-35-30-17-8-9-18-31(30)36(34)33-26(24-11-4-2-5-12-24)15-10-16-27(33)25-13-6-3-7-14-25/h2-22H,1H3. The number of fused-ring (bicyclic) bond motifs is 2. The van der Waals surface area contributed by atoms with Gasteiger partial charge in [0.2, 0.25) is 0 Å². The van der Waals surface area contributed by atoms with Crippen molar-refractivity contribution in [1.29, 1.82) is 0 Å². The Bertz CT molecular complexity index is 1820. The molecular formula is C34H24N2S. The number of nitrogens with zero attached hydrogens (tertiary/aromatic N) is 2. The molecule has 0 aliphatic carbocycles. The largest absolute Gasteiger partial charge is 0.291 e. The molecule has 2 heterocycles. The lowest BCUT2D eigenvalue weighted by atomic mass is 9.95. The minimum absolute atomic E-state index is 0.971. The number of para-hydroxylation sites is 3. The predicted molar refractivity (Wildman–Crippen MR) is 157 cm³/mol. The topological polar surface area (TPSA) is 17.8 Å². The van der Waals surface area contributed by atoms with Gasteiger partial charge in [-0.1, -0.05) is 103 Å². The van der Waals surface area contributed by atoms with Gasteiger partial charge in [0, 0.05) is 32.2 Å². The summed E-state index contributed by atoms with van der Waals surface area (Å²) in [5.74, 6) is 0.971. The molecule has 2 aromatic heterocycles. The van der Waals surface area contributed by atoms with Crippen LogP contribution in [-0.2, 0) is 0 Å². The molecule has 5 aromatic carbocycles. The van der Waals surface area contributed by atoms with E-state index < -0.39 is 0 Å². The van der Waals surface area contributed by atoms with Crippen LogP contribution in [0.2, 0.25) is 0 Å². The van der Waals surface area contributed by atoms with Gasteiger partial charge < -0.3 is 0 Å². The van der Waals surface area contributed by atoms with E-state index in [1.165, 1.54) is 43.5 Å². The van der Waals surface area contributed by atoms with Crippen molar-refractivity contribution >= 4 is 32.5 Å². The first kappa shape index (κ1) is 21.8. The SMILES string of the molecule is Cc1ccc2scc(-c3nc4ccccc4n3-c3c(-c4ccccc4)cccc3-c3ccccc3)c2c1. The molecule has 0 N–H and O–H groups in total. The maximum Gasteiger partial charge on any atom is 0.147 e. The van der Waals surface area contributed by atoms with Crippen molar-refractivity contribution in [1.82, 2.24) is 9.55 Å². The van der Waals surface area contributed by atoms with E-state index in [0.29, 0.717) is 0 Å². The molecule has 7 rings (SSSR count). The van der Waals surface area contributed by atoms with Crippen LogP contribution >= 0.6 is 11.3 Å². The van der Waals surface area contributed by atoms with Crippen molar-refractivity contribution in [3.05, 3.63) is 132 Å². The van der Waals surface area contributed by atoms with Gasteiger partial charge in [-0.2, -0.15) is 0 Å². The molecule has 0 bridgehead atoms. The van der Waals surface area contributed by atoms with Gasteiger partial charge in [0.1, 0.15) is 5.82 Å². The molecule has 0 saturated carbocycles. The Morgan fingerprint density at radius 1 is 0.622 bits per heavy atom. The molecule has 0 aliphatic rings. The number of aromatic nitrogens is 2. The van der Waals surface area contributed by atoms with Crippen molar-refractivity contribution in [2.45, 2.75) is 6.92 Å². The molecular weight excluding hydrogens is 468 g/mol. The Balaban J connectivity index is 1.63. The number of aryl methyl sites for hydroxylation is 1. The highest BCUT2D eigenvalue weighted by Crippen LogP contribution is 2.42. The number of benzene rings is 5. The van der Waals surface area contributed by atoms with Crippen molar-refractivity contribution in [3.63, 3.8) is 0 Å². The van der Waals surface area contributed by atoms with E-state index in [-0.39, 0.29) is 0 Å². The fourth-order valence-electron chi connectivity index (χ4n) is 5.23. The monoisotopic (exact) mass is 492 g/mol. The lowest BCUT2D eigenvalue weighted by Gasteiger charge is -2.19. The second kappa shape index (κ2) is 8.88. The molecule has 3 heteroatoms. The lowest BCUT2D eigenvalue weighted by Crippen LogP contribution is -2.03. The van der Waals surface area contributed by atoms with E-state index in [1.807, 2.05) is 0 Å². The zero-order chi connectivity index (χ0) is 24.8. The summed E-state index contributed by atoms with van der Waals surface area (Å²) in [6.45, 7) is 2.15. The van der Waals surface area contributed by atoms with Gasteiger partial charge in [0.25, 0.3) is 0 Å². The van der Waals surface area contributed by atoms with Gasteiger partial charge in [-0.3, -0.25) is 4.57 Å². The number of hydrogen-bond acceptors (Lipinski definition) is 2. The normalized spacial score (nSPS) is 11.4. The Hall–Kier alpha value is -4.47. The maximum absolute atomic E-state index is 5.25. The molecule has 0 amide bonds. The molecule has 0 saturated heterocycles. The molecule has 176 valence electrons. The molecule has 0 radical (unpaired) electrons. The van der Waals surface area contributed by atoms with Crippen LogP contribution < -0.4 is 0 Å². The van der Waals surface area contributed by atoms with Crippen LogP contribution in [0.5, 0.6) is 0 Å². The summed E-state index contributed by atoms with van der Waals surface area (Å²) in [5.41, 5.74) is 10.4. The van der Waals surface area contributed by atoms with Gasteiger partial charge in [0.05, 0.1) is 16.7 Å². The second-order valence-electron chi connectivity index (χ2n) is 9.34. The molecule has 7 aromatic rings. The third kappa shape index (κ3) is 3.67. The first-order valence-electron chi connectivity index (χ1n) is 12.5. The minimum atomic E-state index is 0.971. The second-order valence-corrected chi connectivity index (χ2v) is 10.3. The number of hydrogen-bond donors (Lipinski definition) is 0. The summed E-state index contributed by atoms with van der Waals surface area (Å²) in [6.07, 6.45) is 0. The number of rotatable bonds is 4. The van der Waals surface area contributed by atoms with Crippen LogP contribution in [0.1, 0.15) is 5.56 Å². The van der Waals surface area contributed by atoms with Gasteiger partial charge in [-0.15, -0.1) is 11.3 Å². The summed E-state index contributed by atoms with van der Waals surface area (Å²) >= 11 is 1.78. The minimum Gasteiger partial charge on any atom is -0.291 e. The average molecular weight is 493 g/mol. The molecule has 0 unspecified atom stereocenters. The summed E-state index contributed by atoms with van der Waals surface area (Å²) in [5, 5.41) is 3.51. The Labute approximate surface area is 220 Å². The van der Waals surface area contributed by atoms with Crippen LogP contribution in [0.3, 0.4) is 0 Å². The van der Waals surface area contributed by atoms with Gasteiger partial charge >= 0.3 is 0 Å². The average Bonchev–Trinajstić information content (AvgIpc) is 3.54. The first-order valence-corrected chi connectivity index (χ1v) is 13.4. The summed E-state index contributed by atoms with van der Waals surface area (Å²) in [6, 6.07) is 43.1. The molecule has 2 nitrogen and oxygen atoms in total. The molecule has 0 fully saturated rings. The highest BCUT2D eigenvalue weighted by atomic mass is 32.1. The maximum atomic E-state index is 5.25. The lowest BCUT2D eigenvalue weighted by molar-refractivity contribution is 1.11. The fraction of sp³-hybridized carbons (Fsp3) is 0.0294. The number of thiophene rings is 1. The third-order valence-electron chi connectivity index (χ3n) is 6.96. The fourth-order valence-corrected chi connectivity index (χ4v) is 6.15. The van der Waals surface area contributed by atoms with Crippen molar-refractivity contribution in [3.8, 4) is 39.3 Å². The molecule has 0 atom stereocenters.